The quantitative estimate of drug-likeness (QED) is 0.318. The highest BCUT2D eigenvalue weighted by atomic mass is 35.5. The molecule has 158 valence electrons. The van der Waals surface area contributed by atoms with Crippen molar-refractivity contribution in [1.29, 1.82) is 0 Å². The van der Waals surface area contributed by atoms with Gasteiger partial charge in [0.05, 0.1) is 0 Å². The highest BCUT2D eigenvalue weighted by molar-refractivity contribution is 7.86. The Balaban J connectivity index is 1.72. The molecule has 7 rings (SSSR count). The van der Waals surface area contributed by atoms with Gasteiger partial charge < -0.3 is 0 Å². The van der Waals surface area contributed by atoms with Gasteiger partial charge in [-0.05, 0) is 57.9 Å². The molecule has 0 radical (unpaired) electrons. The van der Waals surface area contributed by atoms with Gasteiger partial charge in [-0.2, -0.15) is 8.42 Å². The minimum atomic E-state index is -4.35. The van der Waals surface area contributed by atoms with Gasteiger partial charge in [0.1, 0.15) is 4.75 Å². The first-order valence-electron chi connectivity index (χ1n) is 10.9. The zero-order valence-electron chi connectivity index (χ0n) is 17.0. The molecular weight excluding hydrogens is 428 g/mol. The Labute approximate surface area is 187 Å². The molecule has 0 atom stereocenters. The summed E-state index contributed by atoms with van der Waals surface area (Å²) in [6, 6.07) is 20.8. The van der Waals surface area contributed by atoms with Crippen LogP contribution in [0.15, 0.2) is 60.7 Å². The molecule has 4 aliphatic rings. The molecule has 0 aromatic heterocycles. The van der Waals surface area contributed by atoms with E-state index in [4.69, 9.17) is 11.6 Å². The van der Waals surface area contributed by atoms with E-state index in [1.807, 2.05) is 18.2 Å². The number of hydrogen-bond donors (Lipinski definition) is 1. The van der Waals surface area contributed by atoms with Crippen LogP contribution in [0.2, 0.25) is 5.02 Å². The Morgan fingerprint density at radius 3 is 1.77 bits per heavy atom. The van der Waals surface area contributed by atoms with Crippen molar-refractivity contribution in [3.8, 4) is 0 Å². The molecule has 1 N–H and O–H groups in total. The number of halogens is 1. The molecule has 5 heteroatoms. The minimum absolute atomic E-state index is 0.0467. The van der Waals surface area contributed by atoms with Crippen LogP contribution in [0, 0.1) is 0 Å². The van der Waals surface area contributed by atoms with Gasteiger partial charge in [-0.15, -0.1) is 0 Å². The van der Waals surface area contributed by atoms with Gasteiger partial charge in [0.15, 0.2) is 0 Å². The first-order valence-corrected chi connectivity index (χ1v) is 12.7. The average molecular weight is 451 g/mol. The Morgan fingerprint density at radius 1 is 0.742 bits per heavy atom. The summed E-state index contributed by atoms with van der Waals surface area (Å²) in [4.78, 5) is 0. The molecule has 0 saturated heterocycles. The van der Waals surface area contributed by atoms with Crippen LogP contribution in [0.5, 0.6) is 0 Å². The predicted octanol–water partition coefficient (Wildman–Crippen LogP) is 6.37. The molecule has 31 heavy (non-hydrogen) atoms. The van der Waals surface area contributed by atoms with Gasteiger partial charge in [-0.25, -0.2) is 0 Å². The maximum absolute atomic E-state index is 12.9. The van der Waals surface area contributed by atoms with Crippen molar-refractivity contribution in [2.45, 2.75) is 48.7 Å². The summed E-state index contributed by atoms with van der Waals surface area (Å²) in [6.07, 6.45) is 3.31. The van der Waals surface area contributed by atoms with Crippen LogP contribution in [-0.2, 0) is 14.9 Å². The average Bonchev–Trinajstić information content (AvgIpc) is 2.78. The smallest absolute Gasteiger partial charge is 0.274 e. The van der Waals surface area contributed by atoms with Crippen LogP contribution in [0.1, 0.15) is 82.9 Å². The SMILES string of the molecule is O=S(=O)(O)C1(c2c(Cl)ccc3c2C2c4ccccc4C3c3ccccc32)CCCCC1. The number of hydrogen-bond acceptors (Lipinski definition) is 2. The van der Waals surface area contributed by atoms with Crippen molar-refractivity contribution in [3.63, 3.8) is 0 Å². The second-order valence-corrected chi connectivity index (χ2v) is 11.2. The fraction of sp³-hybridized carbons (Fsp3) is 0.308. The molecule has 0 spiro atoms. The van der Waals surface area contributed by atoms with Crippen molar-refractivity contribution < 1.29 is 13.0 Å². The lowest BCUT2D eigenvalue weighted by Gasteiger charge is -2.46. The molecular formula is C26H23ClO3S. The third kappa shape index (κ3) is 2.53. The third-order valence-corrected chi connectivity index (χ3v) is 9.59. The van der Waals surface area contributed by atoms with Crippen LogP contribution in [-0.4, -0.2) is 13.0 Å². The van der Waals surface area contributed by atoms with Gasteiger partial charge in [0, 0.05) is 16.9 Å². The lowest BCUT2D eigenvalue weighted by atomic mass is 9.59. The topological polar surface area (TPSA) is 54.4 Å². The van der Waals surface area contributed by atoms with Crippen molar-refractivity contribution in [3.05, 3.63) is 105 Å². The van der Waals surface area contributed by atoms with Gasteiger partial charge in [0.2, 0.25) is 0 Å². The summed E-state index contributed by atoms with van der Waals surface area (Å²) >= 11 is 6.81. The Morgan fingerprint density at radius 2 is 1.26 bits per heavy atom. The lowest BCUT2D eigenvalue weighted by molar-refractivity contribution is 0.342. The highest BCUT2D eigenvalue weighted by Crippen LogP contribution is 2.60. The van der Waals surface area contributed by atoms with E-state index in [0.29, 0.717) is 23.4 Å². The van der Waals surface area contributed by atoms with E-state index in [9.17, 15) is 13.0 Å². The summed E-state index contributed by atoms with van der Waals surface area (Å²) < 4.78 is 35.1. The van der Waals surface area contributed by atoms with Crippen LogP contribution < -0.4 is 0 Å². The number of benzene rings is 3. The lowest BCUT2D eigenvalue weighted by Crippen LogP contribution is -2.41. The largest absolute Gasteiger partial charge is 0.285 e. The van der Waals surface area contributed by atoms with Gasteiger partial charge in [0.25, 0.3) is 10.1 Å². The molecule has 1 saturated carbocycles. The van der Waals surface area contributed by atoms with E-state index in [-0.39, 0.29) is 11.8 Å². The minimum Gasteiger partial charge on any atom is -0.285 e. The summed E-state index contributed by atoms with van der Waals surface area (Å²) in [5.74, 6) is -0.0351. The van der Waals surface area contributed by atoms with E-state index in [1.165, 1.54) is 22.3 Å². The van der Waals surface area contributed by atoms with Crippen LogP contribution >= 0.6 is 11.6 Å². The van der Waals surface area contributed by atoms with E-state index in [2.05, 4.69) is 42.5 Å². The van der Waals surface area contributed by atoms with Crippen LogP contribution in [0.4, 0.5) is 0 Å². The Kier molecular flexibility index (Phi) is 4.21. The van der Waals surface area contributed by atoms with Crippen molar-refractivity contribution in [1.82, 2.24) is 0 Å². The first kappa shape index (κ1) is 19.5. The monoisotopic (exact) mass is 450 g/mol. The van der Waals surface area contributed by atoms with Crippen LogP contribution in [0.3, 0.4) is 0 Å². The second kappa shape index (κ2) is 6.68. The van der Waals surface area contributed by atoms with E-state index in [0.717, 1.165) is 30.4 Å². The van der Waals surface area contributed by atoms with E-state index < -0.39 is 14.9 Å². The predicted molar refractivity (Wildman–Crippen MR) is 123 cm³/mol. The molecule has 3 aromatic carbocycles. The van der Waals surface area contributed by atoms with E-state index >= 15 is 0 Å². The van der Waals surface area contributed by atoms with E-state index in [1.54, 1.807) is 0 Å². The van der Waals surface area contributed by atoms with Gasteiger partial charge in [-0.1, -0.05) is 85.5 Å². The first-order chi connectivity index (χ1) is 14.9. The zero-order valence-corrected chi connectivity index (χ0v) is 18.6. The highest BCUT2D eigenvalue weighted by Gasteiger charge is 2.52. The van der Waals surface area contributed by atoms with Crippen molar-refractivity contribution in [2.75, 3.05) is 0 Å². The Hall–Kier alpha value is -2.14. The maximum Gasteiger partial charge on any atom is 0.274 e. The molecule has 0 heterocycles. The van der Waals surface area contributed by atoms with Gasteiger partial charge >= 0.3 is 0 Å². The molecule has 0 amide bonds. The summed E-state index contributed by atoms with van der Waals surface area (Å²) in [6.45, 7) is 0. The Bertz CT molecular complexity index is 1270. The normalized spacial score (nSPS) is 23.0. The second-order valence-electron chi connectivity index (χ2n) is 9.08. The molecule has 4 aliphatic carbocycles. The molecule has 0 unspecified atom stereocenters. The standard InChI is InChI=1S/C26H23ClO3S/c27-21-13-12-20-22-16-8-2-4-10-18(16)23(19-11-5-3-9-17(19)22)24(20)25(21)26(31(28,29)30)14-6-1-7-15-26/h2-5,8-13,22-23H,1,6-7,14-15H2,(H,28,29,30). The fourth-order valence-electron chi connectivity index (χ4n) is 6.45. The van der Waals surface area contributed by atoms with Crippen molar-refractivity contribution in [2.24, 2.45) is 0 Å². The van der Waals surface area contributed by atoms with Crippen LogP contribution in [0.25, 0.3) is 0 Å². The molecule has 2 bridgehead atoms. The molecule has 3 nitrogen and oxygen atoms in total. The molecule has 1 fully saturated rings. The summed E-state index contributed by atoms with van der Waals surface area (Å²) in [5, 5.41) is 0.445. The maximum atomic E-state index is 12.9. The fourth-order valence-corrected chi connectivity index (χ4v) is 8.13. The number of rotatable bonds is 2. The van der Waals surface area contributed by atoms with Gasteiger partial charge in [-0.3, -0.25) is 4.55 Å². The third-order valence-electron chi connectivity index (χ3n) is 7.67. The summed E-state index contributed by atoms with van der Waals surface area (Å²) in [7, 11) is -4.35. The molecule has 3 aromatic rings. The summed E-state index contributed by atoms with van der Waals surface area (Å²) in [5.41, 5.74) is 7.72. The molecule has 0 aliphatic heterocycles. The van der Waals surface area contributed by atoms with Crippen molar-refractivity contribution >= 4 is 21.7 Å². The zero-order chi connectivity index (χ0) is 21.4.